The van der Waals surface area contributed by atoms with E-state index in [1.54, 1.807) is 4.90 Å². The first-order valence-corrected chi connectivity index (χ1v) is 6.58. The van der Waals surface area contributed by atoms with E-state index in [0.29, 0.717) is 6.54 Å². The van der Waals surface area contributed by atoms with Crippen molar-refractivity contribution in [1.82, 2.24) is 9.36 Å². The van der Waals surface area contributed by atoms with Gasteiger partial charge in [-0.2, -0.15) is 22.5 Å². The maximum absolute atomic E-state index is 12.4. The molecule has 0 aromatic carbocycles. The van der Waals surface area contributed by atoms with E-state index in [9.17, 15) is 13.2 Å². The summed E-state index contributed by atoms with van der Waals surface area (Å²) in [5.41, 5.74) is 0. The Bertz CT molecular complexity index is 390. The Balaban J connectivity index is 2.17. The van der Waals surface area contributed by atoms with Crippen LogP contribution in [0.1, 0.15) is 31.5 Å². The normalized spacial score (nSPS) is 17.3. The fourth-order valence-corrected chi connectivity index (χ4v) is 2.99. The molecule has 1 N–H and O–H groups in total. The van der Waals surface area contributed by atoms with Crippen LogP contribution in [0.15, 0.2) is 0 Å². The van der Waals surface area contributed by atoms with E-state index in [4.69, 9.17) is 5.11 Å². The Morgan fingerprint density at radius 1 is 1.33 bits per heavy atom. The molecule has 2 rings (SSSR count). The van der Waals surface area contributed by atoms with Gasteiger partial charge in [0.1, 0.15) is 0 Å². The van der Waals surface area contributed by atoms with E-state index in [1.165, 1.54) is 0 Å². The molecule has 1 saturated carbocycles. The molecule has 1 aliphatic rings. The second-order valence-electron chi connectivity index (χ2n) is 4.25. The predicted octanol–water partition coefficient (Wildman–Crippen LogP) is 2.30. The third-order valence-corrected chi connectivity index (χ3v) is 3.77. The molecule has 0 saturated heterocycles. The van der Waals surface area contributed by atoms with E-state index < -0.39 is 12.0 Å². The van der Waals surface area contributed by atoms with Crippen LogP contribution < -0.4 is 4.90 Å². The van der Waals surface area contributed by atoms with Gasteiger partial charge in [-0.25, -0.2) is 0 Å². The van der Waals surface area contributed by atoms with Crippen molar-refractivity contribution >= 4 is 16.7 Å². The molecule has 0 atom stereocenters. The predicted molar refractivity (Wildman–Crippen MR) is 61.6 cm³/mol. The van der Waals surface area contributed by atoms with Crippen molar-refractivity contribution < 1.29 is 18.3 Å². The maximum Gasteiger partial charge on any atom is 0.452 e. The first-order valence-electron chi connectivity index (χ1n) is 5.81. The zero-order valence-electron chi connectivity index (χ0n) is 9.65. The summed E-state index contributed by atoms with van der Waals surface area (Å²) < 4.78 is 40.7. The van der Waals surface area contributed by atoms with Crippen molar-refractivity contribution in [2.75, 3.05) is 18.1 Å². The molecule has 8 heteroatoms. The van der Waals surface area contributed by atoms with Gasteiger partial charge in [-0.15, -0.1) is 0 Å². The molecule has 1 aromatic rings. The molecular formula is C10H14F3N3OS. The average Bonchev–Trinajstić information content (AvgIpc) is 2.96. The van der Waals surface area contributed by atoms with Gasteiger partial charge in [-0.1, -0.05) is 12.8 Å². The molecule has 102 valence electrons. The van der Waals surface area contributed by atoms with Crippen LogP contribution in [0.25, 0.3) is 0 Å². The van der Waals surface area contributed by atoms with Crippen molar-refractivity contribution in [2.24, 2.45) is 0 Å². The lowest BCUT2D eigenvalue weighted by atomic mass is 10.2. The average molecular weight is 281 g/mol. The SMILES string of the molecule is OCCN(c1nc(C(F)(F)F)ns1)C1CCCC1. The van der Waals surface area contributed by atoms with Gasteiger partial charge in [0.2, 0.25) is 11.0 Å². The largest absolute Gasteiger partial charge is 0.452 e. The molecule has 1 heterocycles. The number of anilines is 1. The number of nitrogens with zero attached hydrogens (tertiary/aromatic N) is 3. The number of alkyl halides is 3. The van der Waals surface area contributed by atoms with Crippen LogP contribution in [0.4, 0.5) is 18.3 Å². The van der Waals surface area contributed by atoms with Gasteiger partial charge in [0.15, 0.2) is 0 Å². The minimum Gasteiger partial charge on any atom is -0.395 e. The van der Waals surface area contributed by atoms with Crippen LogP contribution in [-0.2, 0) is 6.18 Å². The van der Waals surface area contributed by atoms with Crippen LogP contribution in [0.5, 0.6) is 0 Å². The molecule has 0 amide bonds. The lowest BCUT2D eigenvalue weighted by molar-refractivity contribution is -0.144. The Kier molecular flexibility index (Phi) is 4.06. The van der Waals surface area contributed by atoms with Crippen LogP contribution >= 0.6 is 11.5 Å². The molecule has 0 spiro atoms. The van der Waals surface area contributed by atoms with Gasteiger partial charge < -0.3 is 10.0 Å². The minimum atomic E-state index is -4.50. The summed E-state index contributed by atoms with van der Waals surface area (Å²) in [5, 5.41) is 9.27. The molecule has 0 bridgehead atoms. The molecule has 0 aliphatic heterocycles. The molecule has 0 unspecified atom stereocenters. The summed E-state index contributed by atoms with van der Waals surface area (Å²) in [7, 11) is 0. The van der Waals surface area contributed by atoms with Crippen molar-refractivity contribution in [3.05, 3.63) is 5.82 Å². The van der Waals surface area contributed by atoms with Gasteiger partial charge >= 0.3 is 6.18 Å². The number of aromatic nitrogens is 2. The van der Waals surface area contributed by atoms with Gasteiger partial charge in [0, 0.05) is 24.1 Å². The molecular weight excluding hydrogens is 267 g/mol. The topological polar surface area (TPSA) is 49.2 Å². The highest BCUT2D eigenvalue weighted by atomic mass is 32.1. The summed E-state index contributed by atoms with van der Waals surface area (Å²) in [6, 6.07) is 0.172. The Labute approximate surface area is 107 Å². The molecule has 1 fully saturated rings. The minimum absolute atomic E-state index is 0.0998. The number of rotatable bonds is 4. The van der Waals surface area contributed by atoms with Gasteiger partial charge in [0.25, 0.3) is 0 Å². The number of halogens is 3. The molecule has 18 heavy (non-hydrogen) atoms. The second kappa shape index (κ2) is 5.40. The fraction of sp³-hybridized carbons (Fsp3) is 0.800. The van der Waals surface area contributed by atoms with Gasteiger partial charge in [-0.05, 0) is 12.8 Å². The summed E-state index contributed by atoms with van der Waals surface area (Å²) in [6.45, 7) is 0.203. The summed E-state index contributed by atoms with van der Waals surface area (Å²) in [4.78, 5) is 5.29. The van der Waals surface area contributed by atoms with E-state index in [0.717, 1.165) is 37.2 Å². The third kappa shape index (κ3) is 2.92. The number of aliphatic hydroxyl groups is 1. The van der Waals surface area contributed by atoms with E-state index in [-0.39, 0.29) is 17.8 Å². The van der Waals surface area contributed by atoms with E-state index in [1.807, 2.05) is 0 Å². The Morgan fingerprint density at radius 2 is 2.00 bits per heavy atom. The van der Waals surface area contributed by atoms with Crippen LogP contribution in [0, 0.1) is 0 Å². The molecule has 0 radical (unpaired) electrons. The second-order valence-corrected chi connectivity index (χ2v) is 4.98. The summed E-state index contributed by atoms with van der Waals surface area (Å²) in [6.07, 6.45) is -0.508. The molecule has 4 nitrogen and oxygen atoms in total. The lowest BCUT2D eigenvalue weighted by Gasteiger charge is -2.27. The first-order chi connectivity index (χ1) is 8.52. The Morgan fingerprint density at radius 3 is 2.50 bits per heavy atom. The summed E-state index contributed by atoms with van der Waals surface area (Å²) >= 11 is 0.745. The van der Waals surface area contributed by atoms with E-state index in [2.05, 4.69) is 9.36 Å². The smallest absolute Gasteiger partial charge is 0.395 e. The first kappa shape index (κ1) is 13.5. The highest BCUT2D eigenvalue weighted by Gasteiger charge is 2.37. The Hall–Kier alpha value is -0.890. The highest BCUT2D eigenvalue weighted by Crippen LogP contribution is 2.33. The maximum atomic E-state index is 12.4. The van der Waals surface area contributed by atoms with Gasteiger partial charge in [0.05, 0.1) is 6.61 Å². The monoisotopic (exact) mass is 281 g/mol. The van der Waals surface area contributed by atoms with Gasteiger partial charge in [-0.3, -0.25) is 0 Å². The van der Waals surface area contributed by atoms with Crippen molar-refractivity contribution in [2.45, 2.75) is 37.9 Å². The molecule has 1 aromatic heterocycles. The number of aliphatic hydroxyl groups excluding tert-OH is 1. The van der Waals surface area contributed by atoms with Crippen molar-refractivity contribution in [3.8, 4) is 0 Å². The number of hydrogen-bond acceptors (Lipinski definition) is 5. The van der Waals surface area contributed by atoms with Crippen LogP contribution in [0.3, 0.4) is 0 Å². The fourth-order valence-electron chi connectivity index (χ4n) is 2.21. The highest BCUT2D eigenvalue weighted by molar-refractivity contribution is 7.09. The van der Waals surface area contributed by atoms with Crippen molar-refractivity contribution in [3.63, 3.8) is 0 Å². The zero-order chi connectivity index (χ0) is 13.2. The molecule has 1 aliphatic carbocycles. The van der Waals surface area contributed by atoms with Crippen LogP contribution in [0.2, 0.25) is 0 Å². The number of hydrogen-bond donors (Lipinski definition) is 1. The van der Waals surface area contributed by atoms with E-state index >= 15 is 0 Å². The lowest BCUT2D eigenvalue weighted by Crippen LogP contribution is -2.35. The zero-order valence-corrected chi connectivity index (χ0v) is 10.5. The standard InChI is InChI=1S/C10H14F3N3OS/c11-10(12,13)8-14-9(18-15-8)16(5-6-17)7-3-1-2-4-7/h7,17H,1-6H2. The quantitative estimate of drug-likeness (QED) is 0.920. The summed E-state index contributed by atoms with van der Waals surface area (Å²) in [5.74, 6) is -1.09. The van der Waals surface area contributed by atoms with Crippen LogP contribution in [-0.4, -0.2) is 33.7 Å². The van der Waals surface area contributed by atoms with Crippen molar-refractivity contribution in [1.29, 1.82) is 0 Å². The third-order valence-electron chi connectivity index (χ3n) is 3.02.